The molecule has 2 aliphatic heterocycles. The number of aromatic nitrogens is 6. The van der Waals surface area contributed by atoms with E-state index >= 15 is 0 Å². The minimum Gasteiger partial charge on any atom is -0.480 e. The van der Waals surface area contributed by atoms with Crippen molar-refractivity contribution in [2.24, 2.45) is 0 Å². The molecule has 23 nitrogen and oxygen atoms in total. The van der Waals surface area contributed by atoms with Gasteiger partial charge in [-0.05, 0) is 126 Å². The Kier molecular flexibility index (Phi) is 23.2. The molecule has 6 heterocycles. The van der Waals surface area contributed by atoms with Crippen LogP contribution in [0.4, 0.5) is 19.2 Å². The molecule has 23 heteroatoms. The Balaban J connectivity index is 0.000000277. The first kappa shape index (κ1) is 62.2. The molecule has 4 aromatic heterocycles. The first-order valence-corrected chi connectivity index (χ1v) is 25.9. The molecule has 1 unspecified atom stereocenters. The van der Waals surface area contributed by atoms with Crippen molar-refractivity contribution in [3.05, 3.63) is 97.6 Å². The summed E-state index contributed by atoms with van der Waals surface area (Å²) in [7, 11) is 0. The third kappa shape index (κ3) is 23.2. The van der Waals surface area contributed by atoms with Gasteiger partial charge < -0.3 is 53.2 Å². The molecule has 0 aliphatic carbocycles. The Hall–Kier alpha value is -7.30. The number of nitrogens with zero attached hydrogens (tertiary/aromatic N) is 11. The molecule has 424 valence electrons. The Labute approximate surface area is 453 Å². The summed E-state index contributed by atoms with van der Waals surface area (Å²) in [5.41, 5.74) is -0.705. The van der Waals surface area contributed by atoms with E-state index in [1.165, 1.54) is 20.3 Å². The molecule has 0 spiro atoms. The van der Waals surface area contributed by atoms with Crippen molar-refractivity contribution < 1.29 is 52.8 Å². The van der Waals surface area contributed by atoms with Crippen LogP contribution in [0.1, 0.15) is 107 Å². The fourth-order valence-corrected chi connectivity index (χ4v) is 7.65. The topological polar surface area (TPSA) is 249 Å². The summed E-state index contributed by atoms with van der Waals surface area (Å²) in [6, 6.07) is 5.68. The number of carboxylic acid groups (broad SMARTS) is 1. The number of amides is 5. The van der Waals surface area contributed by atoms with Gasteiger partial charge in [0, 0.05) is 108 Å². The van der Waals surface area contributed by atoms with Gasteiger partial charge in [0.05, 0.1) is 25.7 Å². The second kappa shape index (κ2) is 28.7. The van der Waals surface area contributed by atoms with Crippen LogP contribution in [0.2, 0.25) is 0 Å². The average Bonchev–Trinajstić information content (AvgIpc) is 4.08. The maximum atomic E-state index is 14.1. The maximum absolute atomic E-state index is 14.1. The highest BCUT2D eigenvalue weighted by atomic mass is 16.6. The molecule has 0 saturated carbocycles. The molecule has 4 aromatic rings. The van der Waals surface area contributed by atoms with Gasteiger partial charge in [0.25, 0.3) is 0 Å². The van der Waals surface area contributed by atoms with Crippen LogP contribution in [-0.4, -0.2) is 182 Å². The van der Waals surface area contributed by atoms with Gasteiger partial charge in [-0.15, -0.1) is 0 Å². The third-order valence-electron chi connectivity index (χ3n) is 11.1. The summed E-state index contributed by atoms with van der Waals surface area (Å²) < 4.78 is 25.7. The molecule has 2 N–H and O–H groups in total. The average molecular weight is 1080 g/mol. The zero-order valence-corrected chi connectivity index (χ0v) is 47.1. The summed E-state index contributed by atoms with van der Waals surface area (Å²) in [4.78, 5) is 99.2. The van der Waals surface area contributed by atoms with Crippen molar-refractivity contribution in [1.29, 1.82) is 0 Å². The predicted octanol–water partition coefficient (Wildman–Crippen LogP) is 6.94. The smallest absolute Gasteiger partial charge is 0.411 e. The zero-order valence-electron chi connectivity index (χ0n) is 47.1. The van der Waals surface area contributed by atoms with E-state index in [0.717, 1.165) is 36.5 Å². The number of carboxylic acids is 1. The van der Waals surface area contributed by atoms with E-state index in [4.69, 9.17) is 18.9 Å². The lowest BCUT2D eigenvalue weighted by atomic mass is 10.1. The maximum Gasteiger partial charge on any atom is 0.411 e. The van der Waals surface area contributed by atoms with Crippen molar-refractivity contribution in [3.63, 3.8) is 0 Å². The highest BCUT2D eigenvalue weighted by Gasteiger charge is 2.43. The fraction of sp³-hybridized carbons (Fsp3) is 0.593. The monoisotopic (exact) mass is 1070 g/mol. The number of aryl methyl sites for hydroxylation is 2. The zero-order chi connectivity index (χ0) is 57.0. The highest BCUT2D eigenvalue weighted by molar-refractivity contribution is 5.87. The summed E-state index contributed by atoms with van der Waals surface area (Å²) in [5.74, 6) is -1.46. The normalized spacial score (nSPS) is 15.9. The van der Waals surface area contributed by atoms with E-state index in [-0.39, 0.29) is 45.2 Å². The van der Waals surface area contributed by atoms with Crippen molar-refractivity contribution in [3.8, 4) is 0 Å². The Morgan fingerprint density at radius 2 is 1.03 bits per heavy atom. The predicted molar refractivity (Wildman–Crippen MR) is 286 cm³/mol. The van der Waals surface area contributed by atoms with Crippen LogP contribution < -0.4 is 5.32 Å². The van der Waals surface area contributed by atoms with Crippen LogP contribution in [-0.2, 0) is 54.7 Å². The largest absolute Gasteiger partial charge is 0.480 e. The molecule has 5 amide bonds. The van der Waals surface area contributed by atoms with Crippen molar-refractivity contribution in [2.75, 3.05) is 52.4 Å². The number of nitrogens with one attached hydrogen (secondary N) is 1. The van der Waals surface area contributed by atoms with Crippen LogP contribution in [0, 0.1) is 0 Å². The van der Waals surface area contributed by atoms with E-state index in [9.17, 15) is 33.9 Å². The van der Waals surface area contributed by atoms with Crippen LogP contribution in [0.5, 0.6) is 0 Å². The molecule has 2 fully saturated rings. The Morgan fingerprint density at radius 3 is 1.45 bits per heavy atom. The first-order chi connectivity index (χ1) is 36.1. The van der Waals surface area contributed by atoms with Crippen molar-refractivity contribution in [1.82, 2.24) is 58.9 Å². The highest BCUT2D eigenvalue weighted by Crippen LogP contribution is 2.22. The van der Waals surface area contributed by atoms with Gasteiger partial charge in [0.2, 0.25) is 5.91 Å². The third-order valence-corrected chi connectivity index (χ3v) is 11.1. The number of carbonyl (C=O) groups is 6. The van der Waals surface area contributed by atoms with E-state index in [2.05, 4.69) is 35.9 Å². The number of imidazole rings is 2. The second-order valence-electron chi connectivity index (χ2n) is 22.5. The van der Waals surface area contributed by atoms with Crippen LogP contribution in [0.25, 0.3) is 0 Å². The molecule has 2 saturated heterocycles. The van der Waals surface area contributed by atoms with Gasteiger partial charge in [-0.3, -0.25) is 24.6 Å². The van der Waals surface area contributed by atoms with E-state index in [1.54, 1.807) is 119 Å². The van der Waals surface area contributed by atoms with E-state index in [1.807, 2.05) is 53.9 Å². The SMILES string of the molecule is CC(C)(C)OC(=O)N1CCN(C(=O)OC(C)(C)C)C(C(=O)O)C1.CC(C)(C)OC(=O)N1CCN(C(=O)OC(C)(C)C)[C@@H](C(=O)N(CCCn2ccnc2)Cc2cccnc2)C1.c1cncc(CNCCCn2ccnc2)c1. The van der Waals surface area contributed by atoms with Gasteiger partial charge >= 0.3 is 30.3 Å². The number of ether oxygens (including phenoxy) is 4. The Bertz CT molecular complexity index is 2430. The number of hydrogen-bond acceptors (Lipinski definition) is 15. The summed E-state index contributed by atoms with van der Waals surface area (Å²) in [5, 5.41) is 12.8. The number of carbonyl (C=O) groups excluding carboxylic acids is 5. The lowest BCUT2D eigenvalue weighted by molar-refractivity contribution is -0.145. The number of aliphatic carboxylic acids is 1. The van der Waals surface area contributed by atoms with E-state index in [0.29, 0.717) is 26.1 Å². The molecule has 0 aromatic carbocycles. The fourth-order valence-electron chi connectivity index (χ4n) is 7.65. The van der Waals surface area contributed by atoms with Gasteiger partial charge in [-0.1, -0.05) is 12.1 Å². The summed E-state index contributed by atoms with van der Waals surface area (Å²) >= 11 is 0. The minimum absolute atomic E-state index is 0.0120. The van der Waals surface area contributed by atoms with Crippen LogP contribution in [0.3, 0.4) is 0 Å². The molecule has 6 rings (SSSR count). The van der Waals surface area contributed by atoms with E-state index < -0.39 is 64.8 Å². The molecular formula is C54H82N12O11. The van der Waals surface area contributed by atoms with Crippen molar-refractivity contribution in [2.45, 2.75) is 157 Å². The van der Waals surface area contributed by atoms with Gasteiger partial charge in [0.1, 0.15) is 28.4 Å². The van der Waals surface area contributed by atoms with Gasteiger partial charge in [-0.25, -0.2) is 33.9 Å². The summed E-state index contributed by atoms with van der Waals surface area (Å²) in [6.45, 7) is 25.9. The molecule has 2 aliphatic rings. The molecular weight excluding hydrogens is 993 g/mol. The second-order valence-corrected chi connectivity index (χ2v) is 22.5. The number of hydrogen-bond donors (Lipinski definition) is 2. The van der Waals surface area contributed by atoms with Crippen LogP contribution in [0.15, 0.2) is 86.5 Å². The standard InChI is InChI=1S/C27H40N6O5.C15H26N2O6.C12H16N4/c1-26(2,3)37-24(35)32-15-16-33(25(36)38-27(4,5)6)22(19-32)23(34)31(18-21-9-7-10-28-17-21)13-8-12-30-14-11-29-20-30;1-14(2,3)22-12(20)16-7-8-17(10(9-16)11(18)19)13(21)23-15(4,5)6;1-3-12(9-13-4-1)10-14-5-2-7-16-8-6-15-11-16/h7,9-11,14,17,20,22H,8,12-13,15-16,18-19H2,1-6H3;10H,7-9H2,1-6H3,(H,18,19);1,3-4,6,8-9,11,14H,2,5,7,10H2/t22-;;/m1../s1. The lowest BCUT2D eigenvalue weighted by Gasteiger charge is -2.42. The van der Waals surface area contributed by atoms with Crippen molar-refractivity contribution >= 4 is 36.2 Å². The molecule has 0 radical (unpaired) electrons. The number of rotatable bonds is 14. The lowest BCUT2D eigenvalue weighted by Crippen LogP contribution is -2.62. The quantitative estimate of drug-likeness (QED) is 0.0959. The van der Waals surface area contributed by atoms with Crippen LogP contribution >= 0.6 is 0 Å². The first-order valence-electron chi connectivity index (χ1n) is 25.9. The Morgan fingerprint density at radius 1 is 0.584 bits per heavy atom. The summed E-state index contributed by atoms with van der Waals surface area (Å²) in [6.07, 6.45) is 17.4. The van der Waals surface area contributed by atoms with Gasteiger partial charge in [-0.2, -0.15) is 0 Å². The number of pyridine rings is 2. The number of piperazine rings is 2. The minimum atomic E-state index is -1.19. The van der Waals surface area contributed by atoms with Gasteiger partial charge in [0.15, 0.2) is 6.04 Å². The molecule has 2 atom stereocenters. The molecule has 77 heavy (non-hydrogen) atoms. The molecule has 0 bridgehead atoms.